The van der Waals surface area contributed by atoms with Crippen molar-refractivity contribution in [3.63, 3.8) is 0 Å². The first-order valence-corrected chi connectivity index (χ1v) is 10.4. The van der Waals surface area contributed by atoms with Crippen LogP contribution in [-0.2, 0) is 10.0 Å². The van der Waals surface area contributed by atoms with Crippen LogP contribution in [0.4, 0.5) is 0 Å². The van der Waals surface area contributed by atoms with E-state index in [1.807, 2.05) is 0 Å². The summed E-state index contributed by atoms with van der Waals surface area (Å²) < 4.78 is 32.4. The van der Waals surface area contributed by atoms with E-state index < -0.39 is 15.8 Å². The molecule has 1 aliphatic rings. The highest BCUT2D eigenvalue weighted by molar-refractivity contribution is 7.89. The van der Waals surface area contributed by atoms with Gasteiger partial charge in [-0.25, -0.2) is 17.9 Å². The van der Waals surface area contributed by atoms with Gasteiger partial charge in [0.25, 0.3) is 0 Å². The molecule has 2 atom stereocenters. The van der Waals surface area contributed by atoms with Gasteiger partial charge in [-0.1, -0.05) is 6.92 Å². The minimum absolute atomic E-state index is 0.111. The Balaban J connectivity index is 1.56. The largest absolute Gasteiger partial charge is 0.417 e. The van der Waals surface area contributed by atoms with Crippen molar-refractivity contribution in [2.75, 3.05) is 19.6 Å². The monoisotopic (exact) mass is 368 g/mol. The van der Waals surface area contributed by atoms with Crippen LogP contribution in [0.1, 0.15) is 39.0 Å². The number of likely N-dealkylation sites (tertiary alicyclic amines) is 1. The molecule has 3 N–H and O–H groups in total. The van der Waals surface area contributed by atoms with Crippen LogP contribution < -0.4 is 15.4 Å². The molecular weight excluding hydrogens is 342 g/mol. The zero-order valence-corrected chi connectivity index (χ0v) is 15.3. The van der Waals surface area contributed by atoms with Crippen molar-refractivity contribution in [2.24, 2.45) is 0 Å². The van der Waals surface area contributed by atoms with E-state index in [1.165, 1.54) is 44.4 Å². The van der Waals surface area contributed by atoms with E-state index in [0.29, 0.717) is 18.1 Å². The summed E-state index contributed by atoms with van der Waals surface area (Å²) in [7, 11) is -3.60. The molecule has 2 aromatic rings. The van der Waals surface area contributed by atoms with E-state index in [4.69, 9.17) is 4.42 Å². The van der Waals surface area contributed by atoms with Gasteiger partial charge < -0.3 is 9.32 Å². The Bertz CT molecular complexity index is 871. The molecule has 25 heavy (non-hydrogen) atoms. The summed E-state index contributed by atoms with van der Waals surface area (Å²) in [5.41, 5.74) is 0.736. The Hall–Kier alpha value is -1.64. The summed E-state index contributed by atoms with van der Waals surface area (Å²) in [5, 5.41) is 0. The number of piperidine rings is 1. The summed E-state index contributed by atoms with van der Waals surface area (Å²) in [6.45, 7) is 4.83. The molecule has 7 nitrogen and oxygen atoms in total. The molecular formula is C17H26N3O4S+. The van der Waals surface area contributed by atoms with E-state index in [0.717, 1.165) is 13.0 Å². The van der Waals surface area contributed by atoms with Gasteiger partial charge in [0.05, 0.1) is 29.5 Å². The lowest BCUT2D eigenvalue weighted by Gasteiger charge is -2.32. The first-order valence-electron chi connectivity index (χ1n) is 8.96. The molecule has 138 valence electrons. The zero-order valence-electron chi connectivity index (χ0n) is 14.5. The Morgan fingerprint density at radius 3 is 3.00 bits per heavy atom. The molecule has 1 saturated heterocycles. The van der Waals surface area contributed by atoms with Gasteiger partial charge in [0.1, 0.15) is 0 Å². The summed E-state index contributed by atoms with van der Waals surface area (Å²) >= 11 is 0. The van der Waals surface area contributed by atoms with Gasteiger partial charge in [-0.2, -0.15) is 0 Å². The fourth-order valence-corrected chi connectivity index (χ4v) is 4.76. The fourth-order valence-electron chi connectivity index (χ4n) is 3.67. The highest BCUT2D eigenvalue weighted by Crippen LogP contribution is 2.16. The molecule has 1 aromatic heterocycles. The summed E-state index contributed by atoms with van der Waals surface area (Å²) in [5.74, 6) is -0.590. The molecule has 3 rings (SSSR count). The normalized spacial score (nSPS) is 21.6. The van der Waals surface area contributed by atoms with Crippen molar-refractivity contribution in [3.05, 3.63) is 28.7 Å². The minimum Gasteiger partial charge on any atom is -0.408 e. The summed E-state index contributed by atoms with van der Waals surface area (Å²) in [4.78, 5) is 15.4. The summed E-state index contributed by atoms with van der Waals surface area (Å²) in [6, 6.07) is 5.10. The third kappa shape index (κ3) is 4.31. The van der Waals surface area contributed by atoms with Gasteiger partial charge in [0.15, 0.2) is 5.58 Å². The maximum absolute atomic E-state index is 12.4. The summed E-state index contributed by atoms with van der Waals surface area (Å²) in [6.07, 6.45) is 5.85. The molecule has 8 heteroatoms. The average molecular weight is 368 g/mol. The van der Waals surface area contributed by atoms with E-state index in [1.54, 1.807) is 11.0 Å². The number of H-pyrrole nitrogens is 1. The van der Waals surface area contributed by atoms with Crippen LogP contribution in [-0.4, -0.2) is 39.1 Å². The number of aromatic amines is 1. The van der Waals surface area contributed by atoms with Crippen LogP contribution in [0.25, 0.3) is 11.1 Å². The van der Waals surface area contributed by atoms with Crippen LogP contribution >= 0.6 is 0 Å². The van der Waals surface area contributed by atoms with Gasteiger partial charge in [-0.05, 0) is 37.8 Å². The standard InChI is InChI=1S/C17H25N3O4S/c1-2-13-6-3-4-10-20(13)11-5-9-18-25(22,23)14-7-8-15-16(12-14)24-17(21)19-15/h7-8,12-13,18H,2-6,9-11H2,1H3,(H,19,21)/p+1/t13-/m0/s1. The SMILES string of the molecule is CC[C@H]1CCCC[NH+]1CCCNS(=O)(=O)c1ccc2[nH]c(=O)oc2c1. The zero-order chi connectivity index (χ0) is 17.9. The molecule has 1 aromatic carbocycles. The Morgan fingerprint density at radius 1 is 1.36 bits per heavy atom. The second-order valence-corrected chi connectivity index (χ2v) is 8.45. The van der Waals surface area contributed by atoms with Crippen molar-refractivity contribution in [2.45, 2.75) is 50.0 Å². The molecule has 1 fully saturated rings. The van der Waals surface area contributed by atoms with Gasteiger partial charge in [-0.3, -0.25) is 4.98 Å². The van der Waals surface area contributed by atoms with E-state index in [9.17, 15) is 13.2 Å². The highest BCUT2D eigenvalue weighted by Gasteiger charge is 2.24. The Labute approximate surface area is 147 Å². The molecule has 0 bridgehead atoms. The van der Waals surface area contributed by atoms with Crippen molar-refractivity contribution in [1.82, 2.24) is 9.71 Å². The molecule has 1 aliphatic heterocycles. The smallest absolute Gasteiger partial charge is 0.408 e. The predicted molar refractivity (Wildman–Crippen MR) is 95.3 cm³/mol. The number of aromatic nitrogens is 1. The number of quaternary nitrogens is 1. The molecule has 0 saturated carbocycles. The first-order chi connectivity index (χ1) is 12.0. The third-order valence-corrected chi connectivity index (χ3v) is 6.50. The van der Waals surface area contributed by atoms with Crippen LogP contribution in [0, 0.1) is 0 Å². The Kier molecular flexibility index (Phi) is 5.61. The second kappa shape index (κ2) is 7.72. The van der Waals surface area contributed by atoms with Crippen molar-refractivity contribution < 1.29 is 17.7 Å². The third-order valence-electron chi connectivity index (χ3n) is 5.04. The predicted octanol–water partition coefficient (Wildman–Crippen LogP) is 0.637. The Morgan fingerprint density at radius 2 is 2.20 bits per heavy atom. The number of fused-ring (bicyclic) bond motifs is 1. The lowest BCUT2D eigenvalue weighted by Crippen LogP contribution is -3.16. The number of sulfonamides is 1. The van der Waals surface area contributed by atoms with Crippen molar-refractivity contribution >= 4 is 21.1 Å². The van der Waals surface area contributed by atoms with Crippen LogP contribution in [0.2, 0.25) is 0 Å². The maximum Gasteiger partial charge on any atom is 0.417 e. The lowest BCUT2D eigenvalue weighted by atomic mass is 10.00. The van der Waals surface area contributed by atoms with E-state index in [-0.39, 0.29) is 10.5 Å². The fraction of sp³-hybridized carbons (Fsp3) is 0.588. The number of hydrogen-bond acceptors (Lipinski definition) is 4. The molecule has 0 aliphatic carbocycles. The number of rotatable bonds is 7. The maximum atomic E-state index is 12.4. The van der Waals surface area contributed by atoms with Gasteiger partial charge in [0, 0.05) is 19.0 Å². The molecule has 0 amide bonds. The highest BCUT2D eigenvalue weighted by atomic mass is 32.2. The number of hydrogen-bond donors (Lipinski definition) is 3. The van der Waals surface area contributed by atoms with Gasteiger partial charge in [-0.15, -0.1) is 0 Å². The van der Waals surface area contributed by atoms with Crippen LogP contribution in [0.5, 0.6) is 0 Å². The number of benzene rings is 1. The number of oxazole rings is 1. The number of nitrogens with one attached hydrogen (secondary N) is 3. The first kappa shape index (κ1) is 18.2. The topological polar surface area (TPSA) is 96.6 Å². The van der Waals surface area contributed by atoms with Gasteiger partial charge >= 0.3 is 5.76 Å². The average Bonchev–Trinajstić information content (AvgIpc) is 2.98. The van der Waals surface area contributed by atoms with E-state index in [2.05, 4.69) is 16.6 Å². The van der Waals surface area contributed by atoms with E-state index >= 15 is 0 Å². The molecule has 0 spiro atoms. The van der Waals surface area contributed by atoms with Crippen LogP contribution in [0.15, 0.2) is 32.3 Å². The van der Waals surface area contributed by atoms with Crippen molar-refractivity contribution in [1.29, 1.82) is 0 Å². The van der Waals surface area contributed by atoms with Crippen LogP contribution in [0.3, 0.4) is 0 Å². The quantitative estimate of drug-likeness (QED) is 0.625. The molecule has 1 unspecified atom stereocenters. The molecule has 0 radical (unpaired) electrons. The molecule has 2 heterocycles. The minimum atomic E-state index is -3.60. The van der Waals surface area contributed by atoms with Crippen molar-refractivity contribution in [3.8, 4) is 0 Å². The second-order valence-electron chi connectivity index (χ2n) is 6.68. The van der Waals surface area contributed by atoms with Gasteiger partial charge in [0.2, 0.25) is 10.0 Å². The lowest BCUT2D eigenvalue weighted by molar-refractivity contribution is -0.930.